The predicted molar refractivity (Wildman–Crippen MR) is 156 cm³/mol. The van der Waals surface area contributed by atoms with E-state index >= 15 is 0 Å². The summed E-state index contributed by atoms with van der Waals surface area (Å²) < 4.78 is 28.8. The summed E-state index contributed by atoms with van der Waals surface area (Å²) in [5.74, 6) is -0.817. The number of hydrogen-bond acceptors (Lipinski definition) is 4. The number of carbonyl (C=O) groups is 2. The van der Waals surface area contributed by atoms with Gasteiger partial charge in [-0.2, -0.15) is 0 Å². The van der Waals surface area contributed by atoms with Gasteiger partial charge in [-0.3, -0.25) is 13.9 Å². The maximum absolute atomic E-state index is 14.0. The molecular formula is C30H36ClN3O4S. The number of aryl methyl sites for hydroxylation is 1. The molecule has 3 aromatic carbocycles. The lowest BCUT2D eigenvalue weighted by molar-refractivity contribution is -0.139. The van der Waals surface area contributed by atoms with Crippen molar-refractivity contribution in [2.75, 3.05) is 10.8 Å². The minimum atomic E-state index is -4.14. The first-order valence-corrected chi connectivity index (χ1v) is 14.8. The van der Waals surface area contributed by atoms with Gasteiger partial charge in [-0.05, 0) is 69.5 Å². The third-order valence-electron chi connectivity index (χ3n) is 6.76. The Bertz CT molecular complexity index is 1400. The maximum Gasteiger partial charge on any atom is 0.264 e. The molecule has 2 amide bonds. The molecule has 2 atom stereocenters. The number of rotatable bonds is 11. The van der Waals surface area contributed by atoms with Crippen LogP contribution < -0.4 is 9.62 Å². The number of carbonyl (C=O) groups excluding carboxylic acids is 2. The van der Waals surface area contributed by atoms with Crippen molar-refractivity contribution >= 4 is 39.1 Å². The number of nitrogens with one attached hydrogen (secondary N) is 1. The van der Waals surface area contributed by atoms with Gasteiger partial charge in [0.1, 0.15) is 12.6 Å². The van der Waals surface area contributed by atoms with E-state index in [9.17, 15) is 18.0 Å². The summed E-state index contributed by atoms with van der Waals surface area (Å²) in [5, 5.41) is 3.32. The Morgan fingerprint density at radius 1 is 0.923 bits per heavy atom. The molecule has 3 aromatic rings. The van der Waals surface area contributed by atoms with E-state index in [-0.39, 0.29) is 23.4 Å². The first kappa shape index (κ1) is 30.2. The SMILES string of the molecule is CC[C@H](C)NC(=O)[C@@H](C)N(Cc1ccc(C)cc1)C(=O)CN(c1cccc(Cl)c1C)S(=O)(=O)c1ccccc1. The van der Waals surface area contributed by atoms with Crippen molar-refractivity contribution in [1.82, 2.24) is 10.2 Å². The minimum absolute atomic E-state index is 0.0461. The van der Waals surface area contributed by atoms with Crippen LogP contribution in [0.1, 0.15) is 43.9 Å². The highest BCUT2D eigenvalue weighted by molar-refractivity contribution is 7.92. The van der Waals surface area contributed by atoms with Crippen LogP contribution in [-0.4, -0.2) is 43.8 Å². The van der Waals surface area contributed by atoms with Crippen molar-refractivity contribution in [2.24, 2.45) is 0 Å². The molecule has 39 heavy (non-hydrogen) atoms. The van der Waals surface area contributed by atoms with Crippen molar-refractivity contribution in [1.29, 1.82) is 0 Å². The van der Waals surface area contributed by atoms with Crippen LogP contribution in [-0.2, 0) is 26.2 Å². The molecule has 0 heterocycles. The van der Waals surface area contributed by atoms with Crippen LogP contribution in [0.2, 0.25) is 5.02 Å². The van der Waals surface area contributed by atoms with Crippen LogP contribution in [0, 0.1) is 13.8 Å². The second-order valence-corrected chi connectivity index (χ2v) is 12.0. The van der Waals surface area contributed by atoms with E-state index in [4.69, 9.17) is 11.6 Å². The molecule has 0 bridgehead atoms. The monoisotopic (exact) mass is 569 g/mol. The Morgan fingerprint density at radius 2 is 1.56 bits per heavy atom. The van der Waals surface area contributed by atoms with Gasteiger partial charge in [0.25, 0.3) is 10.0 Å². The normalized spacial score (nSPS) is 12.9. The first-order valence-electron chi connectivity index (χ1n) is 12.9. The lowest BCUT2D eigenvalue weighted by Gasteiger charge is -2.33. The van der Waals surface area contributed by atoms with E-state index in [0.29, 0.717) is 16.3 Å². The molecule has 9 heteroatoms. The zero-order valence-corrected chi connectivity index (χ0v) is 24.6. The fourth-order valence-corrected chi connectivity index (χ4v) is 5.70. The smallest absolute Gasteiger partial charge is 0.264 e. The molecule has 0 fully saturated rings. The Hall–Kier alpha value is -3.36. The van der Waals surface area contributed by atoms with E-state index in [1.807, 2.05) is 45.0 Å². The molecule has 0 saturated heterocycles. The molecule has 0 unspecified atom stereocenters. The van der Waals surface area contributed by atoms with Gasteiger partial charge >= 0.3 is 0 Å². The number of benzene rings is 3. The molecule has 0 aliphatic heterocycles. The van der Waals surface area contributed by atoms with Gasteiger partial charge in [-0.1, -0.05) is 72.6 Å². The highest BCUT2D eigenvalue weighted by Gasteiger charge is 2.33. The van der Waals surface area contributed by atoms with Gasteiger partial charge in [-0.15, -0.1) is 0 Å². The van der Waals surface area contributed by atoms with Gasteiger partial charge in [0.05, 0.1) is 10.6 Å². The van der Waals surface area contributed by atoms with Crippen LogP contribution in [0.3, 0.4) is 0 Å². The van der Waals surface area contributed by atoms with Gasteiger partial charge in [0, 0.05) is 17.6 Å². The van der Waals surface area contributed by atoms with Crippen molar-refractivity contribution < 1.29 is 18.0 Å². The number of hydrogen-bond donors (Lipinski definition) is 1. The van der Waals surface area contributed by atoms with Crippen molar-refractivity contribution in [2.45, 2.75) is 64.6 Å². The highest BCUT2D eigenvalue weighted by atomic mass is 35.5. The molecule has 7 nitrogen and oxygen atoms in total. The summed E-state index contributed by atoms with van der Waals surface area (Å²) in [6, 6.07) is 19.6. The third kappa shape index (κ3) is 7.40. The van der Waals surface area contributed by atoms with Crippen LogP contribution in [0.4, 0.5) is 5.69 Å². The number of amides is 2. The molecule has 0 aliphatic rings. The van der Waals surface area contributed by atoms with Crippen LogP contribution >= 0.6 is 11.6 Å². The predicted octanol–water partition coefficient (Wildman–Crippen LogP) is 5.48. The molecule has 0 saturated carbocycles. The van der Waals surface area contributed by atoms with E-state index in [1.54, 1.807) is 50.2 Å². The van der Waals surface area contributed by atoms with Gasteiger partial charge in [0.15, 0.2) is 0 Å². The molecule has 208 valence electrons. The number of nitrogens with zero attached hydrogens (tertiary/aromatic N) is 2. The van der Waals surface area contributed by atoms with Crippen LogP contribution in [0.15, 0.2) is 77.7 Å². The van der Waals surface area contributed by atoms with E-state index in [0.717, 1.165) is 21.9 Å². The van der Waals surface area contributed by atoms with Gasteiger partial charge < -0.3 is 10.2 Å². The zero-order chi connectivity index (χ0) is 28.7. The molecule has 0 spiro atoms. The molecule has 3 rings (SSSR count). The first-order chi connectivity index (χ1) is 18.4. The Labute approximate surface area is 236 Å². The van der Waals surface area contributed by atoms with E-state index in [2.05, 4.69) is 5.32 Å². The lowest BCUT2D eigenvalue weighted by Crippen LogP contribution is -2.52. The summed E-state index contributed by atoms with van der Waals surface area (Å²) in [4.78, 5) is 28.6. The van der Waals surface area contributed by atoms with E-state index < -0.39 is 28.5 Å². The summed E-state index contributed by atoms with van der Waals surface area (Å²) >= 11 is 6.36. The summed E-state index contributed by atoms with van der Waals surface area (Å²) in [6.07, 6.45) is 0.738. The second kappa shape index (κ2) is 13.1. The topological polar surface area (TPSA) is 86.8 Å². The van der Waals surface area contributed by atoms with E-state index in [1.165, 1.54) is 17.0 Å². The van der Waals surface area contributed by atoms with Crippen molar-refractivity contribution in [3.05, 3.63) is 94.5 Å². The zero-order valence-electron chi connectivity index (χ0n) is 23.0. The fraction of sp³-hybridized carbons (Fsp3) is 0.333. The summed E-state index contributed by atoms with van der Waals surface area (Å²) in [6.45, 7) is 8.82. The minimum Gasteiger partial charge on any atom is -0.352 e. The van der Waals surface area contributed by atoms with Crippen molar-refractivity contribution in [3.8, 4) is 0 Å². The highest BCUT2D eigenvalue weighted by Crippen LogP contribution is 2.31. The Kier molecular flexibility index (Phi) is 10.2. The summed E-state index contributed by atoms with van der Waals surface area (Å²) in [7, 11) is -4.14. The Morgan fingerprint density at radius 3 is 2.18 bits per heavy atom. The molecular weight excluding hydrogens is 534 g/mol. The largest absolute Gasteiger partial charge is 0.352 e. The fourth-order valence-electron chi connectivity index (χ4n) is 4.04. The quantitative estimate of drug-likeness (QED) is 0.331. The molecule has 1 N–H and O–H groups in total. The molecule has 0 radical (unpaired) electrons. The van der Waals surface area contributed by atoms with Gasteiger partial charge in [0.2, 0.25) is 11.8 Å². The van der Waals surface area contributed by atoms with Crippen molar-refractivity contribution in [3.63, 3.8) is 0 Å². The average molecular weight is 570 g/mol. The number of halogens is 1. The third-order valence-corrected chi connectivity index (χ3v) is 8.94. The Balaban J connectivity index is 2.05. The number of sulfonamides is 1. The number of anilines is 1. The maximum atomic E-state index is 14.0. The average Bonchev–Trinajstić information content (AvgIpc) is 2.92. The summed E-state index contributed by atoms with van der Waals surface area (Å²) in [5.41, 5.74) is 2.72. The van der Waals surface area contributed by atoms with Gasteiger partial charge in [-0.25, -0.2) is 8.42 Å². The lowest BCUT2D eigenvalue weighted by atomic mass is 10.1. The van der Waals surface area contributed by atoms with Crippen LogP contribution in [0.25, 0.3) is 0 Å². The van der Waals surface area contributed by atoms with Crippen LogP contribution in [0.5, 0.6) is 0 Å². The standard InChI is InChI=1S/C30H36ClN3O4S/c1-6-22(3)32-30(36)24(5)33(19-25-17-15-21(2)16-18-25)29(35)20-34(28-14-10-13-27(31)23(28)4)39(37,38)26-11-8-7-9-12-26/h7-18,22,24H,6,19-20H2,1-5H3,(H,32,36)/t22-,24+/m0/s1. The molecule has 0 aliphatic carbocycles. The molecule has 0 aromatic heterocycles. The second-order valence-electron chi connectivity index (χ2n) is 9.71.